The van der Waals surface area contributed by atoms with Crippen LogP contribution < -0.4 is 10.1 Å². The minimum absolute atomic E-state index is 0.270. The maximum atomic E-state index is 12.1. The van der Waals surface area contributed by atoms with Crippen molar-refractivity contribution in [3.63, 3.8) is 0 Å². The summed E-state index contributed by atoms with van der Waals surface area (Å²) in [6.45, 7) is 0.373. The van der Waals surface area contributed by atoms with E-state index in [0.717, 1.165) is 22.1 Å². The van der Waals surface area contributed by atoms with Gasteiger partial charge < -0.3 is 19.9 Å². The summed E-state index contributed by atoms with van der Waals surface area (Å²) < 4.78 is 10.4. The highest BCUT2D eigenvalue weighted by molar-refractivity contribution is 5.85. The molecule has 1 aliphatic rings. The fourth-order valence-corrected chi connectivity index (χ4v) is 2.82. The highest BCUT2D eigenvalue weighted by atomic mass is 16.5. The number of carbonyl (C=O) groups excluding carboxylic acids is 1. The fourth-order valence-electron chi connectivity index (χ4n) is 2.82. The Hall–Kier alpha value is -2.60. The summed E-state index contributed by atoms with van der Waals surface area (Å²) in [6.07, 6.45) is -0.766. The van der Waals surface area contributed by atoms with Gasteiger partial charge in [-0.25, -0.2) is 4.79 Å². The number of benzene rings is 2. The second-order valence-corrected chi connectivity index (χ2v) is 5.79. The van der Waals surface area contributed by atoms with Crippen molar-refractivity contribution in [2.45, 2.75) is 31.6 Å². The van der Waals surface area contributed by atoms with Crippen LogP contribution in [-0.2, 0) is 20.9 Å². The first kappa shape index (κ1) is 16.3. The van der Waals surface area contributed by atoms with E-state index in [2.05, 4.69) is 5.32 Å². The summed E-state index contributed by atoms with van der Waals surface area (Å²) in [7, 11) is 1.63. The molecule has 6 heteroatoms. The molecule has 24 heavy (non-hydrogen) atoms. The molecule has 1 amide bonds. The van der Waals surface area contributed by atoms with Gasteiger partial charge in [-0.05, 0) is 47.4 Å². The molecule has 1 fully saturated rings. The van der Waals surface area contributed by atoms with Crippen molar-refractivity contribution < 1.29 is 24.2 Å². The van der Waals surface area contributed by atoms with Gasteiger partial charge in [0, 0.05) is 6.54 Å². The van der Waals surface area contributed by atoms with Crippen LogP contribution in [0.25, 0.3) is 10.8 Å². The third kappa shape index (κ3) is 3.49. The number of hydrogen-bond donors (Lipinski definition) is 2. The topological polar surface area (TPSA) is 84.9 Å². The van der Waals surface area contributed by atoms with E-state index in [9.17, 15) is 9.59 Å². The van der Waals surface area contributed by atoms with Gasteiger partial charge in [0.2, 0.25) is 5.91 Å². The van der Waals surface area contributed by atoms with Crippen LogP contribution in [0.1, 0.15) is 18.4 Å². The van der Waals surface area contributed by atoms with E-state index in [4.69, 9.17) is 14.6 Å². The van der Waals surface area contributed by atoms with Crippen molar-refractivity contribution >= 4 is 22.6 Å². The molecule has 0 bridgehead atoms. The second kappa shape index (κ2) is 6.88. The van der Waals surface area contributed by atoms with Crippen LogP contribution in [0.5, 0.6) is 5.75 Å². The molecule has 2 aromatic carbocycles. The molecule has 0 saturated carbocycles. The van der Waals surface area contributed by atoms with Crippen molar-refractivity contribution in [2.24, 2.45) is 0 Å². The quantitative estimate of drug-likeness (QED) is 0.877. The number of rotatable bonds is 5. The number of ether oxygens (including phenoxy) is 2. The lowest BCUT2D eigenvalue weighted by Crippen LogP contribution is -2.35. The molecule has 2 aromatic rings. The summed E-state index contributed by atoms with van der Waals surface area (Å²) in [6, 6.07) is 11.7. The van der Waals surface area contributed by atoms with Crippen molar-refractivity contribution in [3.05, 3.63) is 42.0 Å². The third-order valence-corrected chi connectivity index (χ3v) is 4.17. The predicted molar refractivity (Wildman–Crippen MR) is 87.9 cm³/mol. The molecule has 0 spiro atoms. The molecule has 0 radical (unpaired) electrons. The van der Waals surface area contributed by atoms with E-state index in [1.54, 1.807) is 7.11 Å². The standard InChI is InChI=1S/C18H19NO5/c1-23-14-5-4-12-8-11(2-3-13(12)9-14)10-19-17(20)15-6-7-16(24-15)18(21)22/h2-5,8-9,15-16H,6-7,10H2,1H3,(H,19,20)(H,21,22)/t15-,16+/m0/s1. The highest BCUT2D eigenvalue weighted by Crippen LogP contribution is 2.22. The zero-order chi connectivity index (χ0) is 17.1. The number of methoxy groups -OCH3 is 1. The number of carbonyl (C=O) groups is 2. The molecule has 0 aliphatic carbocycles. The maximum Gasteiger partial charge on any atom is 0.332 e. The average molecular weight is 329 g/mol. The molecule has 2 atom stereocenters. The Labute approximate surface area is 139 Å². The molecular formula is C18H19NO5. The molecular weight excluding hydrogens is 310 g/mol. The van der Waals surface area contributed by atoms with Gasteiger partial charge in [0.25, 0.3) is 0 Å². The number of nitrogens with one attached hydrogen (secondary N) is 1. The predicted octanol–water partition coefficient (Wildman–Crippen LogP) is 2.10. The second-order valence-electron chi connectivity index (χ2n) is 5.79. The number of carboxylic acids is 1. The Morgan fingerprint density at radius 3 is 2.58 bits per heavy atom. The van der Waals surface area contributed by atoms with E-state index in [1.165, 1.54) is 0 Å². The molecule has 1 heterocycles. The summed E-state index contributed by atoms with van der Waals surface area (Å²) in [5.41, 5.74) is 0.966. The summed E-state index contributed by atoms with van der Waals surface area (Å²) >= 11 is 0. The first-order valence-electron chi connectivity index (χ1n) is 7.79. The zero-order valence-electron chi connectivity index (χ0n) is 13.3. The number of fused-ring (bicyclic) bond motifs is 1. The highest BCUT2D eigenvalue weighted by Gasteiger charge is 2.34. The Balaban J connectivity index is 1.61. The van der Waals surface area contributed by atoms with Crippen molar-refractivity contribution in [3.8, 4) is 5.75 Å². The summed E-state index contributed by atoms with van der Waals surface area (Å²) in [5, 5.41) is 13.8. The lowest BCUT2D eigenvalue weighted by atomic mass is 10.1. The van der Waals surface area contributed by atoms with Gasteiger partial charge in [-0.1, -0.05) is 18.2 Å². The normalized spacial score (nSPS) is 20.0. The van der Waals surface area contributed by atoms with Gasteiger partial charge in [-0.2, -0.15) is 0 Å². The van der Waals surface area contributed by atoms with E-state index < -0.39 is 18.2 Å². The average Bonchev–Trinajstić information content (AvgIpc) is 3.09. The maximum absolute atomic E-state index is 12.1. The molecule has 3 rings (SSSR count). The molecule has 1 saturated heterocycles. The Morgan fingerprint density at radius 1 is 1.17 bits per heavy atom. The molecule has 2 N–H and O–H groups in total. The van der Waals surface area contributed by atoms with Crippen LogP contribution in [0.3, 0.4) is 0 Å². The first-order chi connectivity index (χ1) is 11.6. The van der Waals surface area contributed by atoms with Crippen molar-refractivity contribution in [1.82, 2.24) is 5.32 Å². The van der Waals surface area contributed by atoms with E-state index >= 15 is 0 Å². The smallest absolute Gasteiger partial charge is 0.332 e. The number of aliphatic carboxylic acids is 1. The molecule has 0 unspecified atom stereocenters. The fraction of sp³-hybridized carbons (Fsp3) is 0.333. The van der Waals surface area contributed by atoms with Crippen molar-refractivity contribution in [2.75, 3.05) is 7.11 Å². The Bertz CT molecular complexity index is 773. The van der Waals surface area contributed by atoms with Gasteiger partial charge in [-0.15, -0.1) is 0 Å². The van der Waals surface area contributed by atoms with Crippen LogP contribution in [0.15, 0.2) is 36.4 Å². The minimum Gasteiger partial charge on any atom is -0.497 e. The van der Waals surface area contributed by atoms with Crippen LogP contribution in [0.2, 0.25) is 0 Å². The van der Waals surface area contributed by atoms with Crippen LogP contribution in [0.4, 0.5) is 0 Å². The van der Waals surface area contributed by atoms with Gasteiger partial charge in [0.1, 0.15) is 11.9 Å². The van der Waals surface area contributed by atoms with Crippen LogP contribution >= 0.6 is 0 Å². The molecule has 6 nitrogen and oxygen atoms in total. The monoisotopic (exact) mass is 329 g/mol. The first-order valence-corrected chi connectivity index (χ1v) is 7.79. The number of carboxylic acid groups (broad SMARTS) is 1. The lowest BCUT2D eigenvalue weighted by Gasteiger charge is -2.12. The van der Waals surface area contributed by atoms with Gasteiger partial charge in [-0.3, -0.25) is 4.79 Å². The van der Waals surface area contributed by atoms with E-state index in [0.29, 0.717) is 19.4 Å². The Morgan fingerprint density at radius 2 is 1.88 bits per heavy atom. The van der Waals surface area contributed by atoms with Gasteiger partial charge in [0.15, 0.2) is 6.10 Å². The zero-order valence-corrected chi connectivity index (χ0v) is 13.3. The van der Waals surface area contributed by atoms with Gasteiger partial charge in [0.05, 0.1) is 7.11 Å². The number of amides is 1. The minimum atomic E-state index is -1.02. The SMILES string of the molecule is COc1ccc2cc(CNC(=O)[C@@H]3CC[C@H](C(=O)O)O3)ccc2c1. The lowest BCUT2D eigenvalue weighted by molar-refractivity contribution is -0.151. The largest absolute Gasteiger partial charge is 0.497 e. The van der Waals surface area contributed by atoms with E-state index in [-0.39, 0.29) is 5.91 Å². The number of hydrogen-bond acceptors (Lipinski definition) is 4. The molecule has 126 valence electrons. The van der Waals surface area contributed by atoms with Crippen LogP contribution in [0, 0.1) is 0 Å². The molecule has 1 aliphatic heterocycles. The molecule has 0 aromatic heterocycles. The summed E-state index contributed by atoms with van der Waals surface area (Å²) in [5.74, 6) is -0.487. The van der Waals surface area contributed by atoms with Gasteiger partial charge >= 0.3 is 5.97 Å². The van der Waals surface area contributed by atoms with Crippen LogP contribution in [-0.4, -0.2) is 36.3 Å². The Kier molecular flexibility index (Phi) is 4.66. The van der Waals surface area contributed by atoms with Crippen molar-refractivity contribution in [1.29, 1.82) is 0 Å². The van der Waals surface area contributed by atoms with E-state index in [1.807, 2.05) is 36.4 Å². The summed E-state index contributed by atoms with van der Waals surface area (Å²) in [4.78, 5) is 22.9. The third-order valence-electron chi connectivity index (χ3n) is 4.17.